The first-order valence-corrected chi connectivity index (χ1v) is 5.78. The fourth-order valence-electron chi connectivity index (χ4n) is 1.42. The topological polar surface area (TPSA) is 63.8 Å². The molecule has 2 heterocycles. The van der Waals surface area contributed by atoms with Gasteiger partial charge in [0.2, 0.25) is 0 Å². The van der Waals surface area contributed by atoms with Crippen molar-refractivity contribution in [3.63, 3.8) is 0 Å². The summed E-state index contributed by atoms with van der Waals surface area (Å²) in [5, 5.41) is 3.11. The Labute approximate surface area is 87.7 Å². The summed E-state index contributed by atoms with van der Waals surface area (Å²) >= 11 is 1.84. The molecule has 14 heavy (non-hydrogen) atoms. The first-order chi connectivity index (χ1) is 6.72. The number of hydrogen-bond donors (Lipinski definition) is 2. The lowest BCUT2D eigenvalue weighted by molar-refractivity contribution is 0.608. The van der Waals surface area contributed by atoms with Crippen LogP contribution in [0.15, 0.2) is 0 Å². The third-order valence-electron chi connectivity index (χ3n) is 2.45. The van der Waals surface area contributed by atoms with Gasteiger partial charge >= 0.3 is 0 Å². The SMILES string of the molecule is CNC(C)c1nc(N)c2c(n1)CSC2. The van der Waals surface area contributed by atoms with Gasteiger partial charge in [-0.1, -0.05) is 0 Å². The lowest BCUT2D eigenvalue weighted by Gasteiger charge is -2.11. The van der Waals surface area contributed by atoms with Gasteiger partial charge in [-0.15, -0.1) is 0 Å². The third kappa shape index (κ3) is 1.57. The van der Waals surface area contributed by atoms with Crippen LogP contribution in [0.3, 0.4) is 0 Å². The Kier molecular flexibility index (Phi) is 2.60. The van der Waals surface area contributed by atoms with Crippen molar-refractivity contribution in [2.24, 2.45) is 0 Å². The van der Waals surface area contributed by atoms with Crippen LogP contribution in [-0.2, 0) is 11.5 Å². The molecule has 0 saturated heterocycles. The van der Waals surface area contributed by atoms with Crippen LogP contribution in [0.1, 0.15) is 30.0 Å². The molecule has 4 nitrogen and oxygen atoms in total. The molecule has 2 rings (SSSR count). The number of nitrogen functional groups attached to an aromatic ring is 1. The van der Waals surface area contributed by atoms with Gasteiger partial charge in [-0.25, -0.2) is 9.97 Å². The highest BCUT2D eigenvalue weighted by molar-refractivity contribution is 7.98. The largest absolute Gasteiger partial charge is 0.383 e. The Balaban J connectivity index is 2.41. The van der Waals surface area contributed by atoms with Crippen LogP contribution in [0.25, 0.3) is 0 Å². The van der Waals surface area contributed by atoms with E-state index >= 15 is 0 Å². The lowest BCUT2D eigenvalue weighted by Crippen LogP contribution is -2.17. The lowest BCUT2D eigenvalue weighted by atomic mass is 10.2. The second-order valence-electron chi connectivity index (χ2n) is 3.40. The van der Waals surface area contributed by atoms with Gasteiger partial charge in [-0.2, -0.15) is 11.8 Å². The molecule has 0 fully saturated rings. The molecule has 0 aromatic carbocycles. The summed E-state index contributed by atoms with van der Waals surface area (Å²) in [5.74, 6) is 3.37. The molecule has 0 spiro atoms. The number of hydrogen-bond acceptors (Lipinski definition) is 5. The first-order valence-electron chi connectivity index (χ1n) is 4.62. The standard InChI is InChI=1S/C9H14N4S/c1-5(11-2)9-12-7-4-14-3-6(7)8(10)13-9/h5,11H,3-4H2,1-2H3,(H2,10,12,13). The zero-order chi connectivity index (χ0) is 10.1. The van der Waals surface area contributed by atoms with Crippen LogP contribution in [0.5, 0.6) is 0 Å². The molecule has 1 unspecified atom stereocenters. The Morgan fingerprint density at radius 1 is 1.43 bits per heavy atom. The summed E-state index contributed by atoms with van der Waals surface area (Å²) in [6, 6.07) is 0.160. The van der Waals surface area contributed by atoms with Gasteiger partial charge in [0, 0.05) is 17.1 Å². The highest BCUT2D eigenvalue weighted by Crippen LogP contribution is 2.31. The molecule has 5 heteroatoms. The minimum atomic E-state index is 0.160. The normalized spacial score (nSPS) is 16.7. The van der Waals surface area contributed by atoms with Gasteiger partial charge in [0.15, 0.2) is 0 Å². The van der Waals surface area contributed by atoms with Crippen molar-refractivity contribution >= 4 is 17.6 Å². The molecule has 1 atom stereocenters. The van der Waals surface area contributed by atoms with E-state index in [1.807, 2.05) is 25.7 Å². The summed E-state index contributed by atoms with van der Waals surface area (Å²) in [7, 11) is 1.90. The van der Waals surface area contributed by atoms with Gasteiger partial charge in [0.05, 0.1) is 11.7 Å². The van der Waals surface area contributed by atoms with Gasteiger partial charge in [0.25, 0.3) is 0 Å². The average Bonchev–Trinajstić information content (AvgIpc) is 2.64. The number of nitrogens with one attached hydrogen (secondary N) is 1. The highest BCUT2D eigenvalue weighted by atomic mass is 32.2. The van der Waals surface area contributed by atoms with Gasteiger partial charge < -0.3 is 11.1 Å². The molecule has 3 N–H and O–H groups in total. The van der Waals surface area contributed by atoms with E-state index in [9.17, 15) is 0 Å². The Bertz CT molecular complexity index is 353. The fourth-order valence-corrected chi connectivity index (χ4v) is 2.47. The molecule has 1 aliphatic rings. The summed E-state index contributed by atoms with van der Waals surface area (Å²) in [4.78, 5) is 8.82. The maximum Gasteiger partial charge on any atom is 0.147 e. The van der Waals surface area contributed by atoms with Crippen LogP contribution >= 0.6 is 11.8 Å². The average molecular weight is 210 g/mol. The van der Waals surface area contributed by atoms with E-state index in [2.05, 4.69) is 15.3 Å². The van der Waals surface area contributed by atoms with Crippen molar-refractivity contribution in [3.8, 4) is 0 Å². The van der Waals surface area contributed by atoms with Crippen molar-refractivity contribution in [3.05, 3.63) is 17.1 Å². The molecule has 0 bridgehead atoms. The van der Waals surface area contributed by atoms with Crippen molar-refractivity contribution < 1.29 is 0 Å². The van der Waals surface area contributed by atoms with Gasteiger partial charge in [0.1, 0.15) is 11.6 Å². The van der Waals surface area contributed by atoms with E-state index in [0.29, 0.717) is 5.82 Å². The second kappa shape index (κ2) is 3.74. The molecule has 1 aromatic heterocycles. The van der Waals surface area contributed by atoms with Gasteiger partial charge in [-0.05, 0) is 14.0 Å². The number of aromatic nitrogens is 2. The summed E-state index contributed by atoms with van der Waals surface area (Å²) < 4.78 is 0. The zero-order valence-electron chi connectivity index (χ0n) is 8.37. The zero-order valence-corrected chi connectivity index (χ0v) is 9.19. The van der Waals surface area contributed by atoms with Crippen LogP contribution in [0.4, 0.5) is 5.82 Å². The molecule has 0 aliphatic carbocycles. The predicted octanol–water partition coefficient (Wildman–Crippen LogP) is 1.09. The Hall–Kier alpha value is -0.810. The van der Waals surface area contributed by atoms with E-state index in [1.54, 1.807) is 0 Å². The maximum absolute atomic E-state index is 5.87. The Morgan fingerprint density at radius 2 is 2.21 bits per heavy atom. The summed E-state index contributed by atoms with van der Waals surface area (Å²) in [5.41, 5.74) is 8.11. The number of rotatable bonds is 2. The van der Waals surface area contributed by atoms with E-state index < -0.39 is 0 Å². The highest BCUT2D eigenvalue weighted by Gasteiger charge is 2.19. The minimum Gasteiger partial charge on any atom is -0.383 e. The minimum absolute atomic E-state index is 0.160. The van der Waals surface area contributed by atoms with Crippen LogP contribution in [-0.4, -0.2) is 17.0 Å². The van der Waals surface area contributed by atoms with Gasteiger partial charge in [-0.3, -0.25) is 0 Å². The number of nitrogens with zero attached hydrogens (tertiary/aromatic N) is 2. The molecule has 1 aromatic rings. The molecule has 1 aliphatic heterocycles. The van der Waals surface area contributed by atoms with Crippen molar-refractivity contribution in [2.45, 2.75) is 24.5 Å². The van der Waals surface area contributed by atoms with Crippen LogP contribution in [0, 0.1) is 0 Å². The summed E-state index contributed by atoms with van der Waals surface area (Å²) in [6.45, 7) is 2.03. The molecule has 0 saturated carbocycles. The van der Waals surface area contributed by atoms with E-state index in [0.717, 1.165) is 28.6 Å². The smallest absolute Gasteiger partial charge is 0.147 e. The van der Waals surface area contributed by atoms with Crippen molar-refractivity contribution in [2.75, 3.05) is 12.8 Å². The number of thioether (sulfide) groups is 1. The monoisotopic (exact) mass is 210 g/mol. The second-order valence-corrected chi connectivity index (χ2v) is 4.38. The van der Waals surface area contributed by atoms with E-state index in [4.69, 9.17) is 5.73 Å². The number of nitrogens with two attached hydrogens (primary N) is 1. The Morgan fingerprint density at radius 3 is 2.93 bits per heavy atom. The van der Waals surface area contributed by atoms with Crippen molar-refractivity contribution in [1.29, 1.82) is 0 Å². The number of anilines is 1. The molecule has 0 amide bonds. The predicted molar refractivity (Wildman–Crippen MR) is 58.9 cm³/mol. The first kappa shape index (κ1) is 9.73. The third-order valence-corrected chi connectivity index (χ3v) is 3.42. The van der Waals surface area contributed by atoms with Crippen LogP contribution in [0.2, 0.25) is 0 Å². The number of fused-ring (bicyclic) bond motifs is 1. The molecule has 0 radical (unpaired) electrons. The summed E-state index contributed by atoms with van der Waals surface area (Å²) in [6.07, 6.45) is 0. The fraction of sp³-hybridized carbons (Fsp3) is 0.556. The maximum atomic E-state index is 5.87. The molecule has 76 valence electrons. The van der Waals surface area contributed by atoms with Crippen LogP contribution < -0.4 is 11.1 Å². The quantitative estimate of drug-likeness (QED) is 0.765. The molecular weight excluding hydrogens is 196 g/mol. The molecular formula is C9H14N4S. The van der Waals surface area contributed by atoms with Crippen molar-refractivity contribution in [1.82, 2.24) is 15.3 Å². The van der Waals surface area contributed by atoms with E-state index in [-0.39, 0.29) is 6.04 Å². The van der Waals surface area contributed by atoms with E-state index in [1.165, 1.54) is 0 Å².